The normalized spacial score (nSPS) is 14.4. The number of hydrogen-bond donors (Lipinski definition) is 1. The van der Waals surface area contributed by atoms with E-state index in [1.807, 2.05) is 6.92 Å². The van der Waals surface area contributed by atoms with E-state index in [0.717, 1.165) is 42.9 Å². The first-order valence-corrected chi connectivity index (χ1v) is 6.76. The Balaban J connectivity index is 1.96. The van der Waals surface area contributed by atoms with Crippen molar-refractivity contribution in [2.24, 2.45) is 0 Å². The number of anilines is 1. The number of aromatic nitrogens is 2. The van der Waals surface area contributed by atoms with Crippen LogP contribution in [0.15, 0.2) is 0 Å². The molecule has 1 aromatic heterocycles. The first-order valence-electron chi connectivity index (χ1n) is 6.76. The van der Waals surface area contributed by atoms with E-state index >= 15 is 0 Å². The molecule has 1 aromatic rings. The Morgan fingerprint density at radius 1 is 1.25 bits per heavy atom. The third-order valence-corrected chi connectivity index (χ3v) is 3.06. The van der Waals surface area contributed by atoms with Crippen molar-refractivity contribution in [3.8, 4) is 0 Å². The van der Waals surface area contributed by atoms with Gasteiger partial charge in [-0.05, 0) is 26.2 Å². The highest BCUT2D eigenvalue weighted by molar-refractivity contribution is 5.48. The molecule has 0 saturated carbocycles. The molecule has 0 aromatic carbocycles. The molecule has 1 N–H and O–H groups in total. The smallest absolute Gasteiger partial charge is 0.372 e. The minimum absolute atomic E-state index is 0.0239. The summed E-state index contributed by atoms with van der Waals surface area (Å²) >= 11 is 0. The summed E-state index contributed by atoms with van der Waals surface area (Å²) in [6.45, 7) is 1.49. The number of halogens is 3. The van der Waals surface area contributed by atoms with Gasteiger partial charge in [-0.1, -0.05) is 0 Å². The summed E-state index contributed by atoms with van der Waals surface area (Å²) in [6, 6.07) is 0. The number of ether oxygens (including phenoxy) is 1. The fourth-order valence-electron chi connectivity index (χ4n) is 2.26. The molecule has 1 heterocycles. The average Bonchev–Trinajstić information content (AvgIpc) is 2.82. The molecule has 7 heteroatoms. The molecule has 0 saturated heterocycles. The van der Waals surface area contributed by atoms with Gasteiger partial charge >= 0.3 is 6.18 Å². The van der Waals surface area contributed by atoms with Gasteiger partial charge in [-0.2, -0.15) is 13.2 Å². The summed E-state index contributed by atoms with van der Waals surface area (Å²) in [6.07, 6.45) is -1.07. The topological polar surface area (TPSA) is 47.0 Å². The van der Waals surface area contributed by atoms with Gasteiger partial charge in [0.1, 0.15) is 18.2 Å². The van der Waals surface area contributed by atoms with Crippen LogP contribution >= 0.6 is 0 Å². The molecular weight excluding hydrogens is 271 g/mol. The van der Waals surface area contributed by atoms with Crippen molar-refractivity contribution < 1.29 is 17.9 Å². The van der Waals surface area contributed by atoms with Crippen LogP contribution in [0.3, 0.4) is 0 Å². The Labute approximate surface area is 115 Å². The van der Waals surface area contributed by atoms with Crippen LogP contribution in [0.1, 0.15) is 30.4 Å². The number of fused-ring (bicyclic) bond motifs is 1. The molecule has 112 valence electrons. The number of alkyl halides is 3. The lowest BCUT2D eigenvalue weighted by Gasteiger charge is -2.11. The first-order chi connectivity index (χ1) is 9.49. The van der Waals surface area contributed by atoms with Crippen LogP contribution in [0.5, 0.6) is 0 Å². The predicted octanol–water partition coefficient (Wildman–Crippen LogP) is 2.52. The van der Waals surface area contributed by atoms with Gasteiger partial charge < -0.3 is 10.1 Å². The Morgan fingerprint density at radius 2 is 2.05 bits per heavy atom. The van der Waals surface area contributed by atoms with Crippen LogP contribution in [-0.4, -0.2) is 35.9 Å². The molecule has 20 heavy (non-hydrogen) atoms. The SMILES string of the molecule is CCNc1nc(CCOCC(F)(F)F)nc2c1CCC2. The fourth-order valence-corrected chi connectivity index (χ4v) is 2.26. The van der Waals surface area contributed by atoms with Crippen molar-refractivity contribution in [3.05, 3.63) is 17.1 Å². The highest BCUT2D eigenvalue weighted by Crippen LogP contribution is 2.26. The van der Waals surface area contributed by atoms with Crippen LogP contribution < -0.4 is 5.32 Å². The van der Waals surface area contributed by atoms with E-state index in [1.165, 1.54) is 0 Å². The van der Waals surface area contributed by atoms with Gasteiger partial charge in [0.05, 0.1) is 6.61 Å². The Hall–Kier alpha value is -1.37. The Bertz CT molecular complexity index is 463. The lowest BCUT2D eigenvalue weighted by atomic mass is 10.2. The second-order valence-electron chi connectivity index (χ2n) is 4.72. The third-order valence-electron chi connectivity index (χ3n) is 3.06. The van der Waals surface area contributed by atoms with Gasteiger partial charge in [-0.15, -0.1) is 0 Å². The summed E-state index contributed by atoms with van der Waals surface area (Å²) in [7, 11) is 0. The van der Waals surface area contributed by atoms with Crippen molar-refractivity contribution in [1.82, 2.24) is 9.97 Å². The van der Waals surface area contributed by atoms with Crippen LogP contribution in [0.4, 0.5) is 19.0 Å². The number of rotatable bonds is 6. The maximum Gasteiger partial charge on any atom is 0.411 e. The molecule has 0 fully saturated rings. The van der Waals surface area contributed by atoms with Gasteiger partial charge in [0.2, 0.25) is 0 Å². The predicted molar refractivity (Wildman–Crippen MR) is 68.8 cm³/mol. The first kappa shape index (κ1) is 15.0. The fraction of sp³-hybridized carbons (Fsp3) is 0.692. The molecule has 0 amide bonds. The summed E-state index contributed by atoms with van der Waals surface area (Å²) in [4.78, 5) is 8.80. The second-order valence-corrected chi connectivity index (χ2v) is 4.72. The number of aryl methyl sites for hydroxylation is 1. The number of hydrogen-bond acceptors (Lipinski definition) is 4. The zero-order valence-corrected chi connectivity index (χ0v) is 11.4. The summed E-state index contributed by atoms with van der Waals surface area (Å²) in [5.74, 6) is 1.37. The van der Waals surface area contributed by atoms with E-state index in [-0.39, 0.29) is 6.61 Å². The summed E-state index contributed by atoms with van der Waals surface area (Å²) < 4.78 is 40.5. The van der Waals surface area contributed by atoms with Gasteiger partial charge in [0, 0.05) is 24.2 Å². The lowest BCUT2D eigenvalue weighted by molar-refractivity contribution is -0.173. The number of nitrogens with zero attached hydrogens (tertiary/aromatic N) is 2. The second kappa shape index (κ2) is 6.39. The molecule has 1 aliphatic rings. The van der Waals surface area contributed by atoms with Gasteiger partial charge in [-0.3, -0.25) is 0 Å². The maximum atomic E-state index is 12.0. The third kappa shape index (κ3) is 4.06. The van der Waals surface area contributed by atoms with Gasteiger partial charge in [0.25, 0.3) is 0 Å². The van der Waals surface area contributed by atoms with E-state index in [4.69, 9.17) is 0 Å². The van der Waals surface area contributed by atoms with Crippen LogP contribution in [0.2, 0.25) is 0 Å². The van der Waals surface area contributed by atoms with E-state index in [0.29, 0.717) is 12.2 Å². The zero-order chi connectivity index (χ0) is 14.6. The summed E-state index contributed by atoms with van der Waals surface area (Å²) in [5.41, 5.74) is 2.16. The van der Waals surface area contributed by atoms with E-state index in [1.54, 1.807) is 0 Å². The Kier molecular flexibility index (Phi) is 4.80. The molecule has 0 unspecified atom stereocenters. The number of nitrogens with one attached hydrogen (secondary N) is 1. The molecular formula is C13H18F3N3O. The van der Waals surface area contributed by atoms with Crippen molar-refractivity contribution in [2.75, 3.05) is 25.1 Å². The largest absolute Gasteiger partial charge is 0.411 e. The van der Waals surface area contributed by atoms with Crippen LogP contribution in [-0.2, 0) is 24.0 Å². The molecule has 0 aliphatic heterocycles. The van der Waals surface area contributed by atoms with E-state index in [2.05, 4.69) is 20.0 Å². The van der Waals surface area contributed by atoms with E-state index in [9.17, 15) is 13.2 Å². The standard InChI is InChI=1S/C13H18F3N3O/c1-2-17-12-9-4-3-5-10(9)18-11(19-12)6-7-20-8-13(14,15)16/h2-8H2,1H3,(H,17,18,19). The summed E-state index contributed by atoms with van der Waals surface area (Å²) in [5, 5.41) is 3.19. The highest BCUT2D eigenvalue weighted by Gasteiger charge is 2.27. The van der Waals surface area contributed by atoms with Crippen molar-refractivity contribution in [3.63, 3.8) is 0 Å². The minimum Gasteiger partial charge on any atom is -0.372 e. The van der Waals surface area contributed by atoms with Crippen LogP contribution in [0, 0.1) is 0 Å². The molecule has 0 radical (unpaired) electrons. The van der Waals surface area contributed by atoms with Crippen molar-refractivity contribution in [1.29, 1.82) is 0 Å². The minimum atomic E-state index is -4.28. The quantitative estimate of drug-likeness (QED) is 0.817. The van der Waals surface area contributed by atoms with Crippen molar-refractivity contribution in [2.45, 2.75) is 38.8 Å². The van der Waals surface area contributed by atoms with Crippen molar-refractivity contribution >= 4 is 5.82 Å². The maximum absolute atomic E-state index is 12.0. The molecule has 2 rings (SSSR count). The monoisotopic (exact) mass is 289 g/mol. The van der Waals surface area contributed by atoms with Gasteiger partial charge in [0.15, 0.2) is 0 Å². The lowest BCUT2D eigenvalue weighted by Crippen LogP contribution is -2.18. The molecule has 4 nitrogen and oxygen atoms in total. The van der Waals surface area contributed by atoms with E-state index < -0.39 is 12.8 Å². The van der Waals surface area contributed by atoms with Crippen LogP contribution in [0.25, 0.3) is 0 Å². The average molecular weight is 289 g/mol. The molecule has 0 spiro atoms. The molecule has 0 bridgehead atoms. The highest BCUT2D eigenvalue weighted by atomic mass is 19.4. The zero-order valence-electron chi connectivity index (χ0n) is 11.4. The Morgan fingerprint density at radius 3 is 2.75 bits per heavy atom. The molecule has 0 atom stereocenters. The van der Waals surface area contributed by atoms with Gasteiger partial charge in [-0.25, -0.2) is 9.97 Å². The molecule has 1 aliphatic carbocycles.